The summed E-state index contributed by atoms with van der Waals surface area (Å²) in [5.41, 5.74) is 2.45. The van der Waals surface area contributed by atoms with Crippen LogP contribution >= 0.6 is 15.9 Å². The van der Waals surface area contributed by atoms with Crippen LogP contribution < -0.4 is 0 Å². The van der Waals surface area contributed by atoms with Gasteiger partial charge >= 0.3 is 5.97 Å². The molecule has 6 heteroatoms. The first kappa shape index (κ1) is 14.7. The highest BCUT2D eigenvalue weighted by atomic mass is 79.9. The summed E-state index contributed by atoms with van der Waals surface area (Å²) in [6.45, 7) is 5.78. The maximum Gasteiger partial charge on any atom is 0.338 e. The number of halogens is 1. The van der Waals surface area contributed by atoms with Crippen LogP contribution in [0.1, 0.15) is 33.1 Å². The number of esters is 1. The number of carbonyl (C=O) groups is 1. The van der Waals surface area contributed by atoms with E-state index < -0.39 is 0 Å². The molecule has 2 aromatic rings. The minimum absolute atomic E-state index is 0.116. The average Bonchev–Trinajstić information content (AvgIpc) is 2.71. The Morgan fingerprint density at radius 3 is 2.55 bits per heavy atom. The number of aromatic nitrogens is 3. The normalized spacial score (nSPS) is 10.7. The van der Waals surface area contributed by atoms with Gasteiger partial charge in [-0.15, -0.1) is 10.2 Å². The summed E-state index contributed by atoms with van der Waals surface area (Å²) in [5.74, 6) is 1.06. The van der Waals surface area contributed by atoms with Crippen LogP contribution in [0, 0.1) is 20.8 Å². The zero-order chi connectivity index (χ0) is 14.9. The van der Waals surface area contributed by atoms with Crippen molar-refractivity contribution in [3.63, 3.8) is 0 Å². The number of hydrogen-bond donors (Lipinski definition) is 0. The lowest BCUT2D eigenvalue weighted by Gasteiger charge is -2.09. The van der Waals surface area contributed by atoms with E-state index in [1.54, 1.807) is 4.57 Å². The summed E-state index contributed by atoms with van der Waals surface area (Å²) in [4.78, 5) is 12.1. The molecule has 1 aromatic heterocycles. The molecule has 5 nitrogen and oxygen atoms in total. The molecule has 0 atom stereocenters. The molecule has 0 N–H and O–H groups in total. The lowest BCUT2D eigenvalue weighted by Crippen LogP contribution is -2.10. The van der Waals surface area contributed by atoms with Gasteiger partial charge in [0, 0.05) is 11.5 Å². The Balaban J connectivity index is 2.13. The van der Waals surface area contributed by atoms with Gasteiger partial charge in [0.1, 0.15) is 5.82 Å². The van der Waals surface area contributed by atoms with Gasteiger partial charge in [-0.05, 0) is 44.0 Å². The predicted molar refractivity (Wildman–Crippen MR) is 78.5 cm³/mol. The van der Waals surface area contributed by atoms with E-state index in [1.165, 1.54) is 0 Å². The molecule has 1 aromatic carbocycles. The quantitative estimate of drug-likeness (QED) is 0.808. The van der Waals surface area contributed by atoms with Crippen LogP contribution in [0.2, 0.25) is 0 Å². The fourth-order valence-electron chi connectivity index (χ4n) is 1.79. The van der Waals surface area contributed by atoms with Crippen LogP contribution in [-0.2, 0) is 18.4 Å². The Kier molecular flexibility index (Phi) is 4.23. The van der Waals surface area contributed by atoms with Gasteiger partial charge in [0.15, 0.2) is 12.4 Å². The van der Waals surface area contributed by atoms with Gasteiger partial charge in [-0.3, -0.25) is 0 Å². The number of hydrogen-bond acceptors (Lipinski definition) is 4. The van der Waals surface area contributed by atoms with E-state index in [0.29, 0.717) is 11.4 Å². The van der Waals surface area contributed by atoms with Crippen LogP contribution in [0.15, 0.2) is 16.6 Å². The Morgan fingerprint density at radius 1 is 1.25 bits per heavy atom. The monoisotopic (exact) mass is 337 g/mol. The van der Waals surface area contributed by atoms with E-state index in [2.05, 4.69) is 26.1 Å². The molecule has 20 heavy (non-hydrogen) atoms. The van der Waals surface area contributed by atoms with Crippen LogP contribution in [0.25, 0.3) is 0 Å². The second-order valence-electron chi connectivity index (χ2n) is 4.71. The molecule has 0 bridgehead atoms. The van der Waals surface area contributed by atoms with Crippen molar-refractivity contribution in [3.05, 3.63) is 44.9 Å². The maximum atomic E-state index is 12.1. The smallest absolute Gasteiger partial charge is 0.338 e. The van der Waals surface area contributed by atoms with E-state index in [1.807, 2.05) is 40.0 Å². The minimum Gasteiger partial charge on any atom is -0.454 e. The SMILES string of the molecule is Cc1cc(C(=O)OCc2nnc(C)n2C)c(C)cc1Br. The van der Waals surface area contributed by atoms with Gasteiger partial charge < -0.3 is 9.30 Å². The van der Waals surface area contributed by atoms with E-state index in [-0.39, 0.29) is 12.6 Å². The molecular formula is C14H16BrN3O2. The molecule has 1 heterocycles. The van der Waals surface area contributed by atoms with Gasteiger partial charge in [0.25, 0.3) is 0 Å². The van der Waals surface area contributed by atoms with Crippen LogP contribution in [0.3, 0.4) is 0 Å². The molecule has 0 spiro atoms. The van der Waals surface area contributed by atoms with Gasteiger partial charge in [0.2, 0.25) is 0 Å². The lowest BCUT2D eigenvalue weighted by atomic mass is 10.1. The number of benzene rings is 1. The van der Waals surface area contributed by atoms with Gasteiger partial charge in [0.05, 0.1) is 5.56 Å². The summed E-state index contributed by atoms with van der Waals surface area (Å²) in [7, 11) is 1.84. The molecule has 0 aliphatic rings. The first-order valence-corrected chi connectivity index (χ1v) is 6.98. The van der Waals surface area contributed by atoms with Crippen LogP contribution in [0.5, 0.6) is 0 Å². The Hall–Kier alpha value is -1.69. The fourth-order valence-corrected chi connectivity index (χ4v) is 2.24. The molecular weight excluding hydrogens is 322 g/mol. The second-order valence-corrected chi connectivity index (χ2v) is 5.57. The lowest BCUT2D eigenvalue weighted by molar-refractivity contribution is 0.0457. The van der Waals surface area contributed by atoms with Gasteiger partial charge in [-0.2, -0.15) is 0 Å². The van der Waals surface area contributed by atoms with Crippen molar-refractivity contribution in [2.45, 2.75) is 27.4 Å². The van der Waals surface area contributed by atoms with Crippen LogP contribution in [0.4, 0.5) is 0 Å². The van der Waals surface area contributed by atoms with E-state index >= 15 is 0 Å². The molecule has 0 saturated carbocycles. The minimum atomic E-state index is -0.348. The predicted octanol–water partition coefficient (Wildman–Crippen LogP) is 2.86. The van der Waals surface area contributed by atoms with Crippen molar-refractivity contribution in [1.29, 1.82) is 0 Å². The van der Waals surface area contributed by atoms with Crippen molar-refractivity contribution in [3.8, 4) is 0 Å². The van der Waals surface area contributed by atoms with Gasteiger partial charge in [-0.25, -0.2) is 4.79 Å². The van der Waals surface area contributed by atoms with Gasteiger partial charge in [-0.1, -0.05) is 15.9 Å². The molecule has 0 amide bonds. The summed E-state index contributed by atoms with van der Waals surface area (Å²) in [5, 5.41) is 7.89. The summed E-state index contributed by atoms with van der Waals surface area (Å²) < 4.78 is 8.09. The van der Waals surface area contributed by atoms with Crippen molar-refractivity contribution >= 4 is 21.9 Å². The number of nitrogens with zero attached hydrogens (tertiary/aromatic N) is 3. The molecule has 0 radical (unpaired) electrons. The largest absolute Gasteiger partial charge is 0.454 e. The fraction of sp³-hybridized carbons (Fsp3) is 0.357. The third-order valence-corrected chi connectivity index (χ3v) is 4.09. The molecule has 106 valence electrons. The Morgan fingerprint density at radius 2 is 1.95 bits per heavy atom. The summed E-state index contributed by atoms with van der Waals surface area (Å²) >= 11 is 3.44. The number of carbonyl (C=O) groups excluding carboxylic acids is 1. The summed E-state index contributed by atoms with van der Waals surface area (Å²) in [6, 6.07) is 3.74. The first-order chi connectivity index (χ1) is 9.40. The van der Waals surface area contributed by atoms with E-state index in [9.17, 15) is 4.79 Å². The second kappa shape index (κ2) is 5.75. The van der Waals surface area contributed by atoms with Crippen molar-refractivity contribution in [2.24, 2.45) is 7.05 Å². The number of rotatable bonds is 3. The molecule has 0 saturated heterocycles. The maximum absolute atomic E-state index is 12.1. The van der Waals surface area contributed by atoms with Crippen molar-refractivity contribution < 1.29 is 9.53 Å². The molecule has 0 unspecified atom stereocenters. The highest BCUT2D eigenvalue weighted by Gasteiger charge is 2.14. The molecule has 0 aliphatic carbocycles. The Labute approximate surface area is 126 Å². The van der Waals surface area contributed by atoms with E-state index in [0.717, 1.165) is 21.4 Å². The molecule has 0 fully saturated rings. The number of aryl methyl sites for hydroxylation is 3. The standard InChI is InChI=1S/C14H16BrN3O2/c1-8-6-12(15)9(2)5-11(8)14(19)20-7-13-17-16-10(3)18(13)4/h5-6H,7H2,1-4H3. The molecule has 2 rings (SSSR count). The number of ether oxygens (including phenoxy) is 1. The van der Waals surface area contributed by atoms with Crippen molar-refractivity contribution in [1.82, 2.24) is 14.8 Å². The zero-order valence-corrected chi connectivity index (χ0v) is 13.5. The molecule has 0 aliphatic heterocycles. The van der Waals surface area contributed by atoms with E-state index in [4.69, 9.17) is 4.74 Å². The summed E-state index contributed by atoms with van der Waals surface area (Å²) in [6.07, 6.45) is 0. The highest BCUT2D eigenvalue weighted by molar-refractivity contribution is 9.10. The first-order valence-electron chi connectivity index (χ1n) is 6.19. The zero-order valence-electron chi connectivity index (χ0n) is 11.9. The van der Waals surface area contributed by atoms with Crippen LogP contribution in [-0.4, -0.2) is 20.7 Å². The average molecular weight is 338 g/mol. The third kappa shape index (κ3) is 2.90. The Bertz CT molecular complexity index is 665. The highest BCUT2D eigenvalue weighted by Crippen LogP contribution is 2.21. The van der Waals surface area contributed by atoms with Crippen molar-refractivity contribution in [2.75, 3.05) is 0 Å². The topological polar surface area (TPSA) is 57.0 Å². The third-order valence-electron chi connectivity index (χ3n) is 3.24.